The SMILES string of the molecule is C=CC(=O)NCCOCCOCC(=O)N1CCN(c2cccc([C@H]3CN([C@H]4CCc5cccc(F)c54)C[C@@H]3N(C)C)c2)CC1. The smallest absolute Gasteiger partial charge is 0.248 e. The Hall–Kier alpha value is -3.31. The van der Waals surface area contributed by atoms with Gasteiger partial charge in [-0.1, -0.05) is 30.8 Å². The predicted octanol–water partition coefficient (Wildman–Crippen LogP) is 2.83. The standard InChI is InChI=1S/C34H46FN5O4/c1-4-32(41)36-13-18-43-19-20-44-24-33(42)39-16-14-38(15-17-39)27-9-5-8-26(21-27)28-22-40(23-31(28)37(2)3)30-12-11-25-7-6-10-29(35)34(25)30/h4-10,21,28,30-31H,1,11-20,22-24H2,2-3H3,(H,36,41)/t28-,30+,31+/m1/s1. The summed E-state index contributed by atoms with van der Waals surface area (Å²) >= 11 is 0. The van der Waals surface area contributed by atoms with Gasteiger partial charge in [-0.25, -0.2) is 4.39 Å². The maximum Gasteiger partial charge on any atom is 0.248 e. The van der Waals surface area contributed by atoms with E-state index in [0.29, 0.717) is 51.4 Å². The van der Waals surface area contributed by atoms with E-state index in [0.717, 1.165) is 50.1 Å². The fraction of sp³-hybridized carbons (Fsp3) is 0.529. The summed E-state index contributed by atoms with van der Waals surface area (Å²) in [5, 5.41) is 2.64. The first kappa shape index (κ1) is 32.1. The Labute approximate surface area is 260 Å². The summed E-state index contributed by atoms with van der Waals surface area (Å²) in [5.41, 5.74) is 4.55. The van der Waals surface area contributed by atoms with Gasteiger partial charge in [0.05, 0.1) is 19.8 Å². The van der Waals surface area contributed by atoms with Crippen molar-refractivity contribution < 1.29 is 23.5 Å². The molecule has 2 heterocycles. The van der Waals surface area contributed by atoms with Gasteiger partial charge in [-0.15, -0.1) is 0 Å². The zero-order valence-electron chi connectivity index (χ0n) is 26.1. The molecule has 0 aromatic heterocycles. The van der Waals surface area contributed by atoms with Crippen LogP contribution in [0.15, 0.2) is 55.1 Å². The molecule has 0 bridgehead atoms. The number of ether oxygens (including phenoxy) is 2. The zero-order valence-corrected chi connectivity index (χ0v) is 26.1. The fourth-order valence-electron chi connectivity index (χ4n) is 6.85. The third-order valence-electron chi connectivity index (χ3n) is 9.21. The molecule has 3 atom stereocenters. The lowest BCUT2D eigenvalue weighted by Crippen LogP contribution is -2.49. The average Bonchev–Trinajstić information content (AvgIpc) is 3.68. The Bertz CT molecular complexity index is 1300. The molecule has 5 rings (SSSR count). The largest absolute Gasteiger partial charge is 0.377 e. The molecule has 0 radical (unpaired) electrons. The van der Waals surface area contributed by atoms with E-state index in [-0.39, 0.29) is 30.3 Å². The normalized spacial score (nSPS) is 22.0. The summed E-state index contributed by atoms with van der Waals surface area (Å²) in [6.07, 6.45) is 3.13. The molecule has 3 aliphatic rings. The van der Waals surface area contributed by atoms with Gasteiger partial charge in [-0.2, -0.15) is 0 Å². The molecule has 0 unspecified atom stereocenters. The number of hydrogen-bond acceptors (Lipinski definition) is 7. The number of carbonyl (C=O) groups is 2. The number of anilines is 1. The van der Waals surface area contributed by atoms with E-state index in [4.69, 9.17) is 9.47 Å². The van der Waals surface area contributed by atoms with Gasteiger partial charge in [-0.3, -0.25) is 14.5 Å². The van der Waals surface area contributed by atoms with Gasteiger partial charge in [0.1, 0.15) is 12.4 Å². The van der Waals surface area contributed by atoms with E-state index < -0.39 is 0 Å². The van der Waals surface area contributed by atoms with Gasteiger partial charge in [0.15, 0.2) is 0 Å². The van der Waals surface area contributed by atoms with Crippen molar-refractivity contribution in [3.63, 3.8) is 0 Å². The number of nitrogens with one attached hydrogen (secondary N) is 1. The summed E-state index contributed by atoms with van der Waals surface area (Å²) in [6, 6.07) is 14.8. The van der Waals surface area contributed by atoms with E-state index in [2.05, 4.69) is 71.0 Å². The highest BCUT2D eigenvalue weighted by Crippen LogP contribution is 2.42. The number of amides is 2. The summed E-state index contributed by atoms with van der Waals surface area (Å²) < 4.78 is 25.8. The average molecular weight is 608 g/mol. The van der Waals surface area contributed by atoms with Gasteiger partial charge in [0, 0.05) is 75.1 Å². The molecule has 9 nitrogen and oxygen atoms in total. The molecule has 2 aromatic carbocycles. The van der Waals surface area contributed by atoms with Crippen LogP contribution in [-0.4, -0.2) is 119 Å². The number of halogens is 1. The predicted molar refractivity (Wildman–Crippen MR) is 169 cm³/mol. The second-order valence-electron chi connectivity index (χ2n) is 12.1. The van der Waals surface area contributed by atoms with Gasteiger partial charge in [0.2, 0.25) is 11.8 Å². The highest BCUT2D eigenvalue weighted by atomic mass is 19.1. The van der Waals surface area contributed by atoms with Crippen molar-refractivity contribution in [1.82, 2.24) is 20.0 Å². The van der Waals surface area contributed by atoms with Crippen LogP contribution in [0.1, 0.15) is 35.1 Å². The van der Waals surface area contributed by atoms with Crippen LogP contribution < -0.4 is 10.2 Å². The molecule has 238 valence electrons. The van der Waals surface area contributed by atoms with E-state index in [1.165, 1.54) is 17.3 Å². The molecule has 44 heavy (non-hydrogen) atoms. The van der Waals surface area contributed by atoms with E-state index in [9.17, 15) is 14.0 Å². The number of piperazine rings is 1. The first-order chi connectivity index (χ1) is 21.4. The van der Waals surface area contributed by atoms with Crippen molar-refractivity contribution in [1.29, 1.82) is 0 Å². The van der Waals surface area contributed by atoms with Crippen LogP contribution >= 0.6 is 0 Å². The Balaban J connectivity index is 1.10. The van der Waals surface area contributed by atoms with Crippen LogP contribution in [0.2, 0.25) is 0 Å². The number of hydrogen-bond donors (Lipinski definition) is 1. The Morgan fingerprint density at radius 2 is 1.82 bits per heavy atom. The highest BCUT2D eigenvalue weighted by Gasteiger charge is 2.41. The summed E-state index contributed by atoms with van der Waals surface area (Å²) in [5.74, 6) is 0.0154. The molecule has 2 aliphatic heterocycles. The molecule has 2 aromatic rings. The van der Waals surface area contributed by atoms with Crippen LogP contribution in [0.25, 0.3) is 0 Å². The third-order valence-corrected chi connectivity index (χ3v) is 9.21. The number of carbonyl (C=O) groups excluding carboxylic acids is 2. The number of likely N-dealkylation sites (N-methyl/N-ethyl adjacent to an activating group) is 1. The molecule has 2 saturated heterocycles. The Morgan fingerprint density at radius 1 is 1.05 bits per heavy atom. The van der Waals surface area contributed by atoms with Crippen molar-refractivity contribution >= 4 is 17.5 Å². The molecule has 0 saturated carbocycles. The van der Waals surface area contributed by atoms with Crippen LogP contribution in [-0.2, 0) is 25.5 Å². The van der Waals surface area contributed by atoms with Crippen LogP contribution in [0.5, 0.6) is 0 Å². The lowest BCUT2D eigenvalue weighted by Gasteiger charge is -2.36. The van der Waals surface area contributed by atoms with Crippen molar-refractivity contribution in [3.05, 3.63) is 77.6 Å². The number of benzene rings is 2. The van der Waals surface area contributed by atoms with Gasteiger partial charge in [0.25, 0.3) is 0 Å². The number of fused-ring (bicyclic) bond motifs is 1. The zero-order chi connectivity index (χ0) is 31.1. The molecule has 1 aliphatic carbocycles. The summed E-state index contributed by atoms with van der Waals surface area (Å²) in [7, 11) is 4.29. The minimum absolute atomic E-state index is 0.0126. The minimum Gasteiger partial charge on any atom is -0.377 e. The number of likely N-dealkylation sites (tertiary alicyclic amines) is 1. The molecular formula is C34H46FN5O4. The summed E-state index contributed by atoms with van der Waals surface area (Å²) in [4.78, 5) is 32.8. The lowest BCUT2D eigenvalue weighted by atomic mass is 9.93. The maximum absolute atomic E-state index is 14.9. The second kappa shape index (κ2) is 15.1. The number of rotatable bonds is 13. The van der Waals surface area contributed by atoms with Crippen molar-refractivity contribution in [2.75, 3.05) is 91.2 Å². The quantitative estimate of drug-likeness (QED) is 0.277. The first-order valence-corrected chi connectivity index (χ1v) is 15.7. The maximum atomic E-state index is 14.9. The van der Waals surface area contributed by atoms with Crippen molar-refractivity contribution in [3.8, 4) is 0 Å². The first-order valence-electron chi connectivity index (χ1n) is 15.7. The van der Waals surface area contributed by atoms with E-state index in [1.807, 2.05) is 11.0 Å². The lowest BCUT2D eigenvalue weighted by molar-refractivity contribution is -0.137. The minimum atomic E-state index is -0.230. The summed E-state index contributed by atoms with van der Waals surface area (Å²) in [6.45, 7) is 9.55. The molecule has 0 spiro atoms. The van der Waals surface area contributed by atoms with Gasteiger partial charge < -0.3 is 29.5 Å². The molecular weight excluding hydrogens is 561 g/mol. The third kappa shape index (κ3) is 7.66. The van der Waals surface area contributed by atoms with Crippen molar-refractivity contribution in [2.24, 2.45) is 0 Å². The van der Waals surface area contributed by atoms with E-state index >= 15 is 0 Å². The van der Waals surface area contributed by atoms with Crippen LogP contribution in [0.3, 0.4) is 0 Å². The topological polar surface area (TPSA) is 77.6 Å². The molecule has 1 N–H and O–H groups in total. The van der Waals surface area contributed by atoms with Crippen molar-refractivity contribution in [2.45, 2.75) is 30.8 Å². The molecule has 2 fully saturated rings. The molecule has 2 amide bonds. The van der Waals surface area contributed by atoms with Gasteiger partial charge >= 0.3 is 0 Å². The Kier molecular flexibility index (Phi) is 11.0. The second-order valence-corrected chi connectivity index (χ2v) is 12.1. The monoisotopic (exact) mass is 607 g/mol. The fourth-order valence-corrected chi connectivity index (χ4v) is 6.85. The number of aryl methyl sites for hydroxylation is 1. The highest BCUT2D eigenvalue weighted by molar-refractivity contribution is 5.86. The molecule has 10 heteroatoms. The van der Waals surface area contributed by atoms with Crippen LogP contribution in [0.4, 0.5) is 10.1 Å². The number of nitrogens with zero attached hydrogens (tertiary/aromatic N) is 4. The van der Waals surface area contributed by atoms with E-state index in [1.54, 1.807) is 6.07 Å². The Morgan fingerprint density at radius 3 is 2.59 bits per heavy atom. The van der Waals surface area contributed by atoms with Gasteiger partial charge in [-0.05, 0) is 62.3 Å². The van der Waals surface area contributed by atoms with Crippen LogP contribution in [0, 0.1) is 5.82 Å².